The van der Waals surface area contributed by atoms with Crippen LogP contribution in [0.1, 0.15) is 16.8 Å². The third-order valence-electron chi connectivity index (χ3n) is 3.49. The molecule has 1 aliphatic rings. The highest BCUT2D eigenvalue weighted by molar-refractivity contribution is 5.94. The molecule has 0 spiro atoms. The lowest BCUT2D eigenvalue weighted by atomic mass is 10.2. The third kappa shape index (κ3) is 7.11. The van der Waals surface area contributed by atoms with Gasteiger partial charge in [-0.15, -0.1) is 12.4 Å². The average molecular weight is 350 g/mol. The molecule has 1 amide bonds. The predicted octanol–water partition coefficient (Wildman–Crippen LogP) is 1.73. The van der Waals surface area contributed by atoms with Crippen LogP contribution in [0.3, 0.4) is 0 Å². The zero-order chi connectivity index (χ0) is 15.8. The summed E-state index contributed by atoms with van der Waals surface area (Å²) in [5, 5.41) is 6.12. The fourth-order valence-corrected chi connectivity index (χ4v) is 2.33. The van der Waals surface area contributed by atoms with Gasteiger partial charge in [0, 0.05) is 38.3 Å². The number of carbonyl (C=O) groups excluding carboxylic acids is 1. The Balaban J connectivity index is 0.00000264. The van der Waals surface area contributed by atoms with Crippen molar-refractivity contribution in [1.29, 1.82) is 0 Å². The fraction of sp³-hybridized carbons (Fsp3) is 0.533. The molecule has 0 bridgehead atoms. The summed E-state index contributed by atoms with van der Waals surface area (Å²) in [7, 11) is 0. The van der Waals surface area contributed by atoms with Gasteiger partial charge in [-0.25, -0.2) is 0 Å². The number of rotatable bonds is 7. The van der Waals surface area contributed by atoms with Gasteiger partial charge in [-0.2, -0.15) is 8.78 Å². The lowest BCUT2D eigenvalue weighted by Gasteiger charge is -2.27. The van der Waals surface area contributed by atoms with Gasteiger partial charge in [0.1, 0.15) is 5.75 Å². The Morgan fingerprint density at radius 1 is 1.26 bits per heavy atom. The van der Waals surface area contributed by atoms with Crippen LogP contribution in [0.25, 0.3) is 0 Å². The largest absolute Gasteiger partial charge is 0.435 e. The second kappa shape index (κ2) is 10.4. The van der Waals surface area contributed by atoms with Crippen molar-refractivity contribution in [2.45, 2.75) is 13.0 Å². The van der Waals surface area contributed by atoms with Crippen LogP contribution in [0.15, 0.2) is 24.3 Å². The summed E-state index contributed by atoms with van der Waals surface area (Å²) in [5.41, 5.74) is 0.434. The van der Waals surface area contributed by atoms with Gasteiger partial charge in [0.05, 0.1) is 0 Å². The van der Waals surface area contributed by atoms with Crippen LogP contribution in [0.5, 0.6) is 5.75 Å². The van der Waals surface area contributed by atoms with Crippen LogP contribution >= 0.6 is 12.4 Å². The molecule has 0 unspecified atom stereocenters. The number of hydrogen-bond acceptors (Lipinski definition) is 4. The second-order valence-corrected chi connectivity index (χ2v) is 5.10. The molecule has 1 aromatic carbocycles. The first-order chi connectivity index (χ1) is 10.6. The second-order valence-electron chi connectivity index (χ2n) is 5.10. The van der Waals surface area contributed by atoms with E-state index in [0.29, 0.717) is 12.1 Å². The molecule has 2 rings (SSSR count). The molecule has 130 valence electrons. The number of alkyl halides is 2. The number of benzene rings is 1. The van der Waals surface area contributed by atoms with Crippen molar-refractivity contribution in [1.82, 2.24) is 15.5 Å². The average Bonchev–Trinajstić information content (AvgIpc) is 2.52. The van der Waals surface area contributed by atoms with Gasteiger partial charge >= 0.3 is 6.61 Å². The minimum Gasteiger partial charge on any atom is -0.435 e. The number of nitrogens with one attached hydrogen (secondary N) is 2. The van der Waals surface area contributed by atoms with Crippen LogP contribution < -0.4 is 15.4 Å². The standard InChI is InChI=1S/C15H21F2N3O2.ClH/c16-15(17)22-13-4-2-12(3-5-13)14(21)19-6-1-9-20-10-7-18-8-11-20;/h2-5,15,18H,1,6-11H2,(H,19,21);1H. The van der Waals surface area contributed by atoms with E-state index < -0.39 is 6.61 Å². The first-order valence-corrected chi connectivity index (χ1v) is 7.41. The summed E-state index contributed by atoms with van der Waals surface area (Å²) in [5.74, 6) is -0.158. The topological polar surface area (TPSA) is 53.6 Å². The third-order valence-corrected chi connectivity index (χ3v) is 3.49. The van der Waals surface area contributed by atoms with Crippen molar-refractivity contribution in [3.63, 3.8) is 0 Å². The van der Waals surface area contributed by atoms with E-state index in [4.69, 9.17) is 0 Å². The first kappa shape index (κ1) is 19.6. The van der Waals surface area contributed by atoms with E-state index in [2.05, 4.69) is 20.3 Å². The summed E-state index contributed by atoms with van der Waals surface area (Å²) in [6.45, 7) is 2.81. The quantitative estimate of drug-likeness (QED) is 0.736. The molecule has 5 nitrogen and oxygen atoms in total. The van der Waals surface area contributed by atoms with E-state index >= 15 is 0 Å². The SMILES string of the molecule is Cl.O=C(NCCCN1CCNCC1)c1ccc(OC(F)F)cc1. The molecule has 0 saturated carbocycles. The maximum Gasteiger partial charge on any atom is 0.387 e. The van der Waals surface area contributed by atoms with Crippen LogP contribution in [0, 0.1) is 0 Å². The predicted molar refractivity (Wildman–Crippen MR) is 86.6 cm³/mol. The Hall–Kier alpha value is -1.44. The number of halogens is 3. The van der Waals surface area contributed by atoms with E-state index in [1.165, 1.54) is 24.3 Å². The lowest BCUT2D eigenvalue weighted by Crippen LogP contribution is -2.44. The number of carbonyl (C=O) groups is 1. The fourth-order valence-electron chi connectivity index (χ4n) is 2.33. The Morgan fingerprint density at radius 3 is 2.52 bits per heavy atom. The summed E-state index contributed by atoms with van der Waals surface area (Å²) in [6.07, 6.45) is 0.887. The smallest absolute Gasteiger partial charge is 0.387 e. The Bertz CT molecular complexity index is 468. The molecule has 0 radical (unpaired) electrons. The summed E-state index contributed by atoms with van der Waals surface area (Å²) >= 11 is 0. The first-order valence-electron chi connectivity index (χ1n) is 7.41. The van der Waals surface area contributed by atoms with Gasteiger partial charge in [-0.3, -0.25) is 4.79 Å². The zero-order valence-electron chi connectivity index (χ0n) is 12.8. The van der Waals surface area contributed by atoms with Crippen molar-refractivity contribution in [2.75, 3.05) is 39.3 Å². The molecule has 1 fully saturated rings. The van der Waals surface area contributed by atoms with Gasteiger partial charge in [0.2, 0.25) is 0 Å². The van der Waals surface area contributed by atoms with E-state index in [9.17, 15) is 13.6 Å². The maximum absolute atomic E-state index is 12.0. The molecule has 0 atom stereocenters. The molecule has 1 aliphatic heterocycles. The number of hydrogen-bond donors (Lipinski definition) is 2. The number of amides is 1. The number of ether oxygens (including phenoxy) is 1. The van der Waals surface area contributed by atoms with Crippen molar-refractivity contribution < 1.29 is 18.3 Å². The lowest BCUT2D eigenvalue weighted by molar-refractivity contribution is -0.0498. The highest BCUT2D eigenvalue weighted by atomic mass is 35.5. The molecule has 1 saturated heterocycles. The molecule has 0 aromatic heterocycles. The summed E-state index contributed by atoms with van der Waals surface area (Å²) < 4.78 is 28.3. The summed E-state index contributed by atoms with van der Waals surface area (Å²) in [6, 6.07) is 5.68. The van der Waals surface area contributed by atoms with E-state index in [-0.39, 0.29) is 24.1 Å². The van der Waals surface area contributed by atoms with Crippen LogP contribution in [-0.2, 0) is 0 Å². The molecular formula is C15H22ClF2N3O2. The molecule has 1 aromatic rings. The Morgan fingerprint density at radius 2 is 1.91 bits per heavy atom. The normalized spacial score (nSPS) is 15.1. The monoisotopic (exact) mass is 349 g/mol. The van der Waals surface area contributed by atoms with E-state index in [0.717, 1.165) is 39.1 Å². The zero-order valence-corrected chi connectivity index (χ0v) is 13.6. The molecular weight excluding hydrogens is 328 g/mol. The molecule has 23 heavy (non-hydrogen) atoms. The van der Waals surface area contributed by atoms with Gasteiger partial charge in [0.25, 0.3) is 5.91 Å². The van der Waals surface area contributed by atoms with Crippen molar-refractivity contribution >= 4 is 18.3 Å². The maximum atomic E-state index is 12.0. The van der Waals surface area contributed by atoms with Gasteiger partial charge in [0.15, 0.2) is 0 Å². The Labute approximate surface area is 140 Å². The number of nitrogens with zero attached hydrogens (tertiary/aromatic N) is 1. The molecule has 1 heterocycles. The summed E-state index contributed by atoms with van der Waals surface area (Å²) in [4.78, 5) is 14.3. The van der Waals surface area contributed by atoms with Gasteiger partial charge < -0.3 is 20.3 Å². The van der Waals surface area contributed by atoms with Gasteiger partial charge in [-0.05, 0) is 37.2 Å². The van der Waals surface area contributed by atoms with Crippen molar-refractivity contribution in [2.24, 2.45) is 0 Å². The van der Waals surface area contributed by atoms with Crippen LogP contribution in [-0.4, -0.2) is 56.7 Å². The highest BCUT2D eigenvalue weighted by Gasteiger charge is 2.10. The molecule has 0 aliphatic carbocycles. The minimum absolute atomic E-state index is 0. The highest BCUT2D eigenvalue weighted by Crippen LogP contribution is 2.14. The minimum atomic E-state index is -2.86. The van der Waals surface area contributed by atoms with E-state index in [1.807, 2.05) is 0 Å². The van der Waals surface area contributed by atoms with Crippen molar-refractivity contribution in [3.05, 3.63) is 29.8 Å². The van der Waals surface area contributed by atoms with E-state index in [1.54, 1.807) is 0 Å². The van der Waals surface area contributed by atoms with Crippen LogP contribution in [0.2, 0.25) is 0 Å². The van der Waals surface area contributed by atoms with Crippen molar-refractivity contribution in [3.8, 4) is 5.75 Å². The molecule has 2 N–H and O–H groups in total. The Kier molecular flexibility index (Phi) is 8.83. The molecule has 8 heteroatoms. The number of piperazine rings is 1. The van der Waals surface area contributed by atoms with Gasteiger partial charge in [-0.1, -0.05) is 0 Å². The van der Waals surface area contributed by atoms with Crippen LogP contribution in [0.4, 0.5) is 8.78 Å².